The lowest BCUT2D eigenvalue weighted by molar-refractivity contribution is -0.640. The zero-order chi connectivity index (χ0) is 11.3. The molecule has 0 fully saturated rings. The maximum Gasteiger partial charge on any atom is 0.367 e. The minimum Gasteiger partial charge on any atom is -0.594 e. The van der Waals surface area contributed by atoms with Crippen LogP contribution in [-0.4, -0.2) is 10.3 Å². The normalized spacial score (nSPS) is 11.3. The highest BCUT2D eigenvalue weighted by Crippen LogP contribution is 2.17. The minimum absolute atomic E-state index is 0.163. The Hall–Kier alpha value is -2.37. The van der Waals surface area contributed by atoms with Crippen LogP contribution in [0, 0.1) is 12.1 Å². The first kappa shape index (κ1) is 8.90. The summed E-state index contributed by atoms with van der Waals surface area (Å²) < 4.78 is 4.61. The molecule has 16 heavy (non-hydrogen) atoms. The lowest BCUT2D eigenvalue weighted by atomic mass is 10.1. The van der Waals surface area contributed by atoms with Gasteiger partial charge in [-0.3, -0.25) is 0 Å². The molecule has 0 aliphatic heterocycles. The van der Waals surface area contributed by atoms with Crippen LogP contribution in [-0.2, 0) is 0 Å². The Bertz CT molecular complexity index is 757. The van der Waals surface area contributed by atoms with Crippen molar-refractivity contribution in [1.29, 1.82) is 0 Å². The van der Waals surface area contributed by atoms with E-state index in [0.29, 0.717) is 21.1 Å². The molecule has 6 heteroatoms. The summed E-state index contributed by atoms with van der Waals surface area (Å²) in [7, 11) is 0. The summed E-state index contributed by atoms with van der Waals surface area (Å²) in [4.78, 5) is 11.9. The second-order valence-electron chi connectivity index (χ2n) is 3.61. The van der Waals surface area contributed by atoms with E-state index in [-0.39, 0.29) is 5.65 Å². The van der Waals surface area contributed by atoms with Crippen molar-refractivity contribution in [2.75, 3.05) is 0 Å². The van der Waals surface area contributed by atoms with Crippen LogP contribution >= 0.6 is 0 Å². The standard InChI is InChI=1S/C10H7N3O3/c1-5-2-3-6-7(4-5)13(15)11-9-8(6)10(14)16-12-9/h2-4H,1H3,(H,11,12). The van der Waals surface area contributed by atoms with Crippen LogP contribution in [0.15, 0.2) is 27.5 Å². The molecule has 0 radical (unpaired) electrons. The molecule has 0 spiro atoms. The highest BCUT2D eigenvalue weighted by molar-refractivity contribution is 6.00. The summed E-state index contributed by atoms with van der Waals surface area (Å²) in [5.74, 6) is 0. The summed E-state index contributed by atoms with van der Waals surface area (Å²) in [5.41, 5.74) is 0.936. The third kappa shape index (κ3) is 1.04. The van der Waals surface area contributed by atoms with Crippen molar-refractivity contribution in [2.45, 2.75) is 6.92 Å². The molecule has 0 saturated carbocycles. The first-order chi connectivity index (χ1) is 7.66. The van der Waals surface area contributed by atoms with Gasteiger partial charge in [0, 0.05) is 11.2 Å². The summed E-state index contributed by atoms with van der Waals surface area (Å²) >= 11 is 0. The first-order valence-electron chi connectivity index (χ1n) is 4.68. The highest BCUT2D eigenvalue weighted by Gasteiger charge is 2.16. The Morgan fingerprint density at radius 1 is 1.50 bits per heavy atom. The van der Waals surface area contributed by atoms with E-state index in [1.54, 1.807) is 12.1 Å². The van der Waals surface area contributed by atoms with Crippen LogP contribution < -0.4 is 10.5 Å². The van der Waals surface area contributed by atoms with Crippen LogP contribution in [0.25, 0.3) is 21.9 Å². The number of aryl methyl sites for hydroxylation is 1. The molecule has 0 saturated heterocycles. The van der Waals surface area contributed by atoms with E-state index >= 15 is 0 Å². The lowest BCUT2D eigenvalue weighted by Crippen LogP contribution is -2.32. The third-order valence-electron chi connectivity index (χ3n) is 2.50. The summed E-state index contributed by atoms with van der Waals surface area (Å²) in [6.45, 7) is 1.86. The van der Waals surface area contributed by atoms with Crippen molar-refractivity contribution in [2.24, 2.45) is 0 Å². The Morgan fingerprint density at radius 3 is 3.12 bits per heavy atom. The Labute approximate surface area is 88.7 Å². The minimum atomic E-state index is -0.517. The van der Waals surface area contributed by atoms with Crippen molar-refractivity contribution in [3.63, 3.8) is 0 Å². The van der Waals surface area contributed by atoms with Gasteiger partial charge in [0.15, 0.2) is 0 Å². The molecule has 0 unspecified atom stereocenters. The predicted octanol–water partition coefficient (Wildman–Crippen LogP) is 0.611. The third-order valence-corrected chi connectivity index (χ3v) is 2.50. The van der Waals surface area contributed by atoms with Gasteiger partial charge in [-0.15, -0.1) is 0 Å². The second kappa shape index (κ2) is 2.82. The number of aromatic amines is 1. The quantitative estimate of drug-likeness (QED) is 0.441. The molecule has 80 valence electrons. The number of fused-ring (bicyclic) bond motifs is 3. The number of nitrogens with one attached hydrogen (secondary N) is 1. The zero-order valence-corrected chi connectivity index (χ0v) is 8.35. The Balaban J connectivity index is 2.68. The molecule has 6 nitrogen and oxygen atoms in total. The smallest absolute Gasteiger partial charge is 0.367 e. The van der Waals surface area contributed by atoms with Crippen LogP contribution in [0.2, 0.25) is 0 Å². The molecule has 0 aliphatic carbocycles. The molecule has 1 N–H and O–H groups in total. The molecular weight excluding hydrogens is 210 g/mol. The van der Waals surface area contributed by atoms with E-state index < -0.39 is 5.63 Å². The van der Waals surface area contributed by atoms with Gasteiger partial charge in [-0.2, -0.15) is 5.16 Å². The number of benzene rings is 1. The number of aromatic nitrogens is 3. The number of hydrogen-bond acceptors (Lipinski definition) is 4. The average molecular weight is 217 g/mol. The predicted molar refractivity (Wildman–Crippen MR) is 55.8 cm³/mol. The second-order valence-corrected chi connectivity index (χ2v) is 3.61. The van der Waals surface area contributed by atoms with Gasteiger partial charge in [0.05, 0.1) is 5.39 Å². The van der Waals surface area contributed by atoms with E-state index in [9.17, 15) is 10.0 Å². The molecular formula is C10H7N3O3. The maximum atomic E-state index is 11.6. The van der Waals surface area contributed by atoms with Gasteiger partial charge in [-0.1, -0.05) is 6.07 Å². The zero-order valence-electron chi connectivity index (χ0n) is 8.35. The Morgan fingerprint density at radius 2 is 2.31 bits per heavy atom. The van der Waals surface area contributed by atoms with Crippen LogP contribution in [0.5, 0.6) is 0 Å². The van der Waals surface area contributed by atoms with E-state index in [2.05, 4.69) is 14.8 Å². The molecule has 0 amide bonds. The molecule has 2 heterocycles. The number of nitrogens with zero attached hydrogens (tertiary/aromatic N) is 2. The largest absolute Gasteiger partial charge is 0.594 e. The monoisotopic (exact) mass is 217 g/mol. The van der Waals surface area contributed by atoms with Crippen molar-refractivity contribution in [3.8, 4) is 0 Å². The van der Waals surface area contributed by atoms with Crippen molar-refractivity contribution in [1.82, 2.24) is 10.3 Å². The van der Waals surface area contributed by atoms with E-state index in [1.165, 1.54) is 0 Å². The van der Waals surface area contributed by atoms with E-state index in [4.69, 9.17) is 0 Å². The molecule has 2 aromatic heterocycles. The Kier molecular flexibility index (Phi) is 1.57. The fraction of sp³-hybridized carbons (Fsp3) is 0.100. The first-order valence-corrected chi connectivity index (χ1v) is 4.68. The number of hydrogen-bond donors (Lipinski definition) is 1. The van der Waals surface area contributed by atoms with Gasteiger partial charge >= 0.3 is 5.63 Å². The summed E-state index contributed by atoms with van der Waals surface area (Å²) in [5, 5.41) is 18.4. The molecule has 3 aromatic rings. The average Bonchev–Trinajstić information content (AvgIpc) is 2.61. The number of H-pyrrole nitrogens is 1. The van der Waals surface area contributed by atoms with Gasteiger partial charge in [0.1, 0.15) is 5.39 Å². The molecule has 3 rings (SSSR count). The van der Waals surface area contributed by atoms with Crippen LogP contribution in [0.1, 0.15) is 5.56 Å². The van der Waals surface area contributed by atoms with Crippen LogP contribution in [0.4, 0.5) is 0 Å². The molecule has 0 bridgehead atoms. The van der Waals surface area contributed by atoms with Crippen molar-refractivity contribution < 1.29 is 9.37 Å². The van der Waals surface area contributed by atoms with Gasteiger partial charge in [-0.25, -0.2) is 4.79 Å². The molecule has 1 aromatic carbocycles. The van der Waals surface area contributed by atoms with Crippen molar-refractivity contribution >= 4 is 21.9 Å². The van der Waals surface area contributed by atoms with Gasteiger partial charge in [0.2, 0.25) is 5.65 Å². The fourth-order valence-corrected chi connectivity index (χ4v) is 1.76. The van der Waals surface area contributed by atoms with Gasteiger partial charge in [0.25, 0.3) is 5.52 Å². The molecule has 0 aliphatic rings. The summed E-state index contributed by atoms with van der Waals surface area (Å²) in [6.07, 6.45) is 0. The van der Waals surface area contributed by atoms with Crippen LogP contribution in [0.3, 0.4) is 0 Å². The summed E-state index contributed by atoms with van der Waals surface area (Å²) in [6, 6.07) is 5.23. The van der Waals surface area contributed by atoms with E-state index in [0.717, 1.165) is 5.56 Å². The highest BCUT2D eigenvalue weighted by atomic mass is 16.5. The topological polar surface area (TPSA) is 85.8 Å². The van der Waals surface area contributed by atoms with Crippen molar-refractivity contribution in [3.05, 3.63) is 39.4 Å². The maximum absolute atomic E-state index is 11.6. The fourth-order valence-electron chi connectivity index (χ4n) is 1.76. The van der Waals surface area contributed by atoms with E-state index in [1.807, 2.05) is 13.0 Å². The molecule has 0 atom stereocenters. The van der Waals surface area contributed by atoms with Gasteiger partial charge < -0.3 is 9.73 Å². The number of rotatable bonds is 0. The lowest BCUT2D eigenvalue weighted by Gasteiger charge is -1.99. The SMILES string of the molecule is Cc1ccc2c3c(=O)o[nH]c3n[n+]([O-])c2c1. The van der Waals surface area contributed by atoms with Gasteiger partial charge in [-0.05, 0) is 23.4 Å².